The van der Waals surface area contributed by atoms with Crippen molar-refractivity contribution in [1.29, 1.82) is 0 Å². The highest BCUT2D eigenvalue weighted by atomic mass is 16.5. The van der Waals surface area contributed by atoms with Crippen LogP contribution in [0.2, 0.25) is 0 Å². The number of hydrogen-bond acceptors (Lipinski definition) is 3. The molecule has 3 atom stereocenters. The normalized spacial score (nSPS) is 28.9. The van der Waals surface area contributed by atoms with Gasteiger partial charge in [0.1, 0.15) is 0 Å². The zero-order chi connectivity index (χ0) is 12.1. The van der Waals surface area contributed by atoms with E-state index in [4.69, 9.17) is 9.47 Å². The Morgan fingerprint density at radius 3 is 2.65 bits per heavy atom. The van der Waals surface area contributed by atoms with E-state index in [2.05, 4.69) is 12.2 Å². The number of rotatable bonds is 7. The summed E-state index contributed by atoms with van der Waals surface area (Å²) in [5, 5.41) is 3.71. The summed E-state index contributed by atoms with van der Waals surface area (Å²) in [5.74, 6) is 1.43. The summed E-state index contributed by atoms with van der Waals surface area (Å²) in [7, 11) is 1.87. The van der Waals surface area contributed by atoms with Crippen LogP contribution < -0.4 is 5.32 Å². The highest BCUT2D eigenvalue weighted by molar-refractivity contribution is 4.94. The molecule has 1 heterocycles. The number of hydrogen-bond donors (Lipinski definition) is 1. The molecule has 17 heavy (non-hydrogen) atoms. The Balaban J connectivity index is 1.94. The predicted octanol–water partition coefficient (Wildman–Crippen LogP) is 2.21. The maximum Gasteiger partial charge on any atom is 0.0755 e. The lowest BCUT2D eigenvalue weighted by Gasteiger charge is -2.36. The van der Waals surface area contributed by atoms with Crippen LogP contribution in [-0.2, 0) is 9.47 Å². The summed E-state index contributed by atoms with van der Waals surface area (Å²) in [6.07, 6.45) is 6.76. The molecule has 1 aliphatic carbocycles. The van der Waals surface area contributed by atoms with Gasteiger partial charge in [-0.15, -0.1) is 0 Å². The molecule has 0 amide bonds. The molecule has 3 unspecified atom stereocenters. The topological polar surface area (TPSA) is 30.5 Å². The van der Waals surface area contributed by atoms with Crippen molar-refractivity contribution in [2.24, 2.45) is 11.8 Å². The third-order valence-corrected chi connectivity index (χ3v) is 4.05. The van der Waals surface area contributed by atoms with E-state index in [1.165, 1.54) is 32.1 Å². The number of ether oxygens (including phenoxy) is 2. The van der Waals surface area contributed by atoms with Gasteiger partial charge in [0.2, 0.25) is 0 Å². The lowest BCUT2D eigenvalue weighted by Crippen LogP contribution is -2.50. The van der Waals surface area contributed by atoms with Crippen LogP contribution in [0.15, 0.2) is 0 Å². The lowest BCUT2D eigenvalue weighted by atomic mass is 9.88. The first-order chi connectivity index (χ1) is 8.36. The fourth-order valence-corrected chi connectivity index (χ4v) is 2.97. The van der Waals surface area contributed by atoms with E-state index in [1.54, 1.807) is 0 Å². The van der Waals surface area contributed by atoms with Crippen LogP contribution in [-0.4, -0.2) is 39.0 Å². The largest absolute Gasteiger partial charge is 0.381 e. The molecule has 3 heteroatoms. The van der Waals surface area contributed by atoms with Gasteiger partial charge in [0.25, 0.3) is 0 Å². The lowest BCUT2D eigenvalue weighted by molar-refractivity contribution is -0.0172. The van der Waals surface area contributed by atoms with E-state index in [0.29, 0.717) is 18.1 Å². The van der Waals surface area contributed by atoms with Crippen LogP contribution in [0, 0.1) is 11.8 Å². The van der Waals surface area contributed by atoms with Crippen LogP contribution in [0.5, 0.6) is 0 Å². The van der Waals surface area contributed by atoms with E-state index in [9.17, 15) is 0 Å². The van der Waals surface area contributed by atoms with Gasteiger partial charge in [-0.3, -0.25) is 0 Å². The van der Waals surface area contributed by atoms with Crippen LogP contribution in [0.3, 0.4) is 0 Å². The standard InChI is InChI=1S/C14H27NO2/c1-3-8-15-13(12-5-4-9-17-10-12)14(16-2)11-6-7-11/h11-15H,3-10H2,1-2H3. The van der Waals surface area contributed by atoms with Gasteiger partial charge in [-0.25, -0.2) is 0 Å². The van der Waals surface area contributed by atoms with Crippen molar-refractivity contribution < 1.29 is 9.47 Å². The van der Waals surface area contributed by atoms with E-state index in [-0.39, 0.29) is 0 Å². The van der Waals surface area contributed by atoms with Crippen molar-refractivity contribution in [3.63, 3.8) is 0 Å². The van der Waals surface area contributed by atoms with E-state index >= 15 is 0 Å². The third kappa shape index (κ3) is 3.67. The average molecular weight is 241 g/mol. The summed E-state index contributed by atoms with van der Waals surface area (Å²) in [6.45, 7) is 5.17. The second-order valence-electron chi connectivity index (χ2n) is 5.49. The molecule has 1 saturated carbocycles. The minimum absolute atomic E-state index is 0.397. The molecule has 0 aromatic carbocycles. The molecule has 100 valence electrons. The van der Waals surface area contributed by atoms with Gasteiger partial charge >= 0.3 is 0 Å². The molecule has 0 bridgehead atoms. The maximum absolute atomic E-state index is 5.77. The molecule has 1 aliphatic heterocycles. The molecule has 0 aromatic rings. The van der Waals surface area contributed by atoms with E-state index in [1.807, 2.05) is 7.11 Å². The molecular formula is C14H27NO2. The van der Waals surface area contributed by atoms with Gasteiger partial charge < -0.3 is 14.8 Å². The third-order valence-electron chi connectivity index (χ3n) is 4.05. The maximum atomic E-state index is 5.77. The van der Waals surface area contributed by atoms with Gasteiger partial charge in [0, 0.05) is 25.7 Å². The Hall–Kier alpha value is -0.120. The summed E-state index contributed by atoms with van der Waals surface area (Å²) < 4.78 is 11.4. The van der Waals surface area contributed by atoms with Crippen molar-refractivity contribution in [2.45, 2.75) is 51.2 Å². The number of nitrogens with one attached hydrogen (secondary N) is 1. The Labute approximate surface area is 105 Å². The summed E-state index contributed by atoms with van der Waals surface area (Å²) in [6, 6.07) is 0.493. The van der Waals surface area contributed by atoms with Crippen molar-refractivity contribution in [3.8, 4) is 0 Å². The van der Waals surface area contributed by atoms with Gasteiger partial charge in [-0.05, 0) is 44.6 Å². The van der Waals surface area contributed by atoms with E-state index in [0.717, 1.165) is 25.7 Å². The van der Waals surface area contributed by atoms with E-state index < -0.39 is 0 Å². The molecule has 1 N–H and O–H groups in total. The average Bonchev–Trinajstić information content (AvgIpc) is 3.20. The van der Waals surface area contributed by atoms with Crippen molar-refractivity contribution in [2.75, 3.05) is 26.9 Å². The Morgan fingerprint density at radius 1 is 1.29 bits per heavy atom. The first-order valence-electron chi connectivity index (χ1n) is 7.20. The summed E-state index contributed by atoms with van der Waals surface area (Å²) in [5.41, 5.74) is 0. The van der Waals surface area contributed by atoms with Gasteiger partial charge in [-0.2, -0.15) is 0 Å². The molecule has 2 rings (SSSR count). The Kier molecular flexibility index (Phi) is 5.26. The first kappa shape index (κ1) is 13.3. The van der Waals surface area contributed by atoms with Gasteiger partial charge in [-0.1, -0.05) is 6.92 Å². The minimum Gasteiger partial charge on any atom is -0.381 e. The second kappa shape index (κ2) is 6.72. The summed E-state index contributed by atoms with van der Waals surface area (Å²) in [4.78, 5) is 0. The molecule has 0 aromatic heterocycles. The zero-order valence-corrected chi connectivity index (χ0v) is 11.3. The van der Waals surface area contributed by atoms with Crippen LogP contribution in [0.4, 0.5) is 0 Å². The molecule has 3 nitrogen and oxygen atoms in total. The molecular weight excluding hydrogens is 214 g/mol. The predicted molar refractivity (Wildman–Crippen MR) is 69.1 cm³/mol. The van der Waals surface area contributed by atoms with Crippen molar-refractivity contribution in [1.82, 2.24) is 5.32 Å². The van der Waals surface area contributed by atoms with Crippen molar-refractivity contribution >= 4 is 0 Å². The van der Waals surface area contributed by atoms with Gasteiger partial charge in [0.15, 0.2) is 0 Å². The fraction of sp³-hybridized carbons (Fsp3) is 1.00. The highest BCUT2D eigenvalue weighted by Crippen LogP contribution is 2.38. The minimum atomic E-state index is 0.397. The van der Waals surface area contributed by atoms with Crippen LogP contribution >= 0.6 is 0 Å². The van der Waals surface area contributed by atoms with Crippen LogP contribution in [0.25, 0.3) is 0 Å². The molecule has 2 fully saturated rings. The smallest absolute Gasteiger partial charge is 0.0755 e. The number of methoxy groups -OCH3 is 1. The Bertz CT molecular complexity index is 212. The molecule has 1 saturated heterocycles. The zero-order valence-electron chi connectivity index (χ0n) is 11.3. The molecule has 0 spiro atoms. The second-order valence-corrected chi connectivity index (χ2v) is 5.49. The molecule has 0 radical (unpaired) electrons. The fourth-order valence-electron chi connectivity index (χ4n) is 2.97. The summed E-state index contributed by atoms with van der Waals surface area (Å²) >= 11 is 0. The molecule has 2 aliphatic rings. The van der Waals surface area contributed by atoms with Crippen molar-refractivity contribution in [3.05, 3.63) is 0 Å². The Morgan fingerprint density at radius 2 is 2.12 bits per heavy atom. The van der Waals surface area contributed by atoms with Gasteiger partial charge in [0.05, 0.1) is 12.7 Å². The quantitative estimate of drug-likeness (QED) is 0.741. The first-order valence-corrected chi connectivity index (χ1v) is 7.20. The van der Waals surface area contributed by atoms with Crippen LogP contribution in [0.1, 0.15) is 39.0 Å². The highest BCUT2D eigenvalue weighted by Gasteiger charge is 2.40. The SMILES string of the molecule is CCCNC(C1CCCOC1)C(OC)C1CC1. The monoisotopic (exact) mass is 241 g/mol.